The fourth-order valence-electron chi connectivity index (χ4n) is 7.67. The van der Waals surface area contributed by atoms with E-state index >= 15 is 0 Å². The molecule has 0 amide bonds. The molecule has 14 heteroatoms. The zero-order chi connectivity index (χ0) is 38.8. The van der Waals surface area contributed by atoms with Crippen molar-refractivity contribution in [2.45, 2.75) is 102 Å². The zero-order valence-electron chi connectivity index (χ0n) is 30.8. The standard InChI is InChI=1S/C19H31N3O4.C16H24N2O4.CH2O.CH4/c1-19(2,3)14-9(7-11(23)10(17(14)24)8-22(5)6)12-15(20)13(18(25)26)16(12)21-4;1-16(2,3)12-8(5-7(19)6-9(12)20)10-13(17)11(15(21)22)14(10)18-4;1-2;/h7,12-13,15-16,21,23-24H,8,20H2,1-6H3,(H,25,26);5-6,10-11,13-14,18-20H,17H2,1-4H3,(H,21,22);1H2;1H4. The van der Waals surface area contributed by atoms with E-state index in [0.29, 0.717) is 34.4 Å². The summed E-state index contributed by atoms with van der Waals surface area (Å²) in [5, 5.41) is 66.4. The number of nitrogens with two attached hydrogens (primary N) is 2. The van der Waals surface area contributed by atoms with Crippen LogP contribution in [0, 0.1) is 11.8 Å². The van der Waals surface area contributed by atoms with Crippen molar-refractivity contribution < 1.29 is 45.0 Å². The third-order valence-electron chi connectivity index (χ3n) is 9.68. The first kappa shape index (κ1) is 45.1. The first-order valence-corrected chi connectivity index (χ1v) is 16.4. The van der Waals surface area contributed by atoms with Gasteiger partial charge < -0.3 is 62.4 Å². The lowest BCUT2D eigenvalue weighted by Gasteiger charge is -2.49. The fourth-order valence-corrected chi connectivity index (χ4v) is 7.67. The summed E-state index contributed by atoms with van der Waals surface area (Å²) < 4.78 is 0. The minimum Gasteiger partial charge on any atom is -0.508 e. The Kier molecular flexibility index (Phi) is 15.1. The number of carbonyl (C=O) groups excluding carboxylic acids is 1. The molecule has 2 fully saturated rings. The van der Waals surface area contributed by atoms with Crippen LogP contribution in [0.25, 0.3) is 0 Å². The van der Waals surface area contributed by atoms with Crippen molar-refractivity contribution >= 4 is 18.7 Å². The lowest BCUT2D eigenvalue weighted by molar-refractivity contribution is -0.149. The number of aliphatic carboxylic acids is 2. The number of aromatic hydroxyl groups is 4. The molecule has 0 radical (unpaired) electrons. The summed E-state index contributed by atoms with van der Waals surface area (Å²) >= 11 is 0. The van der Waals surface area contributed by atoms with E-state index in [1.807, 2.05) is 67.3 Å². The van der Waals surface area contributed by atoms with Crippen LogP contribution >= 0.6 is 0 Å². The van der Waals surface area contributed by atoms with Crippen LogP contribution < -0.4 is 22.1 Å². The summed E-state index contributed by atoms with van der Waals surface area (Å²) in [6, 6.07) is 2.66. The van der Waals surface area contributed by atoms with Crippen LogP contribution in [0.5, 0.6) is 23.0 Å². The molecule has 0 spiro atoms. The smallest absolute Gasteiger partial charge is 0.309 e. The summed E-state index contributed by atoms with van der Waals surface area (Å²) in [6.07, 6.45) is 0. The van der Waals surface area contributed by atoms with Gasteiger partial charge >= 0.3 is 11.9 Å². The van der Waals surface area contributed by atoms with Crippen molar-refractivity contribution in [3.05, 3.63) is 46.0 Å². The van der Waals surface area contributed by atoms with E-state index in [9.17, 15) is 40.2 Å². The number of carbonyl (C=O) groups is 3. The Morgan fingerprint density at radius 3 is 1.47 bits per heavy atom. The van der Waals surface area contributed by atoms with E-state index in [0.717, 1.165) is 0 Å². The van der Waals surface area contributed by atoms with Gasteiger partial charge in [-0.25, -0.2) is 0 Å². The van der Waals surface area contributed by atoms with Gasteiger partial charge in [0.05, 0.1) is 11.8 Å². The van der Waals surface area contributed by atoms with E-state index in [4.69, 9.17) is 16.3 Å². The van der Waals surface area contributed by atoms with Gasteiger partial charge in [0.25, 0.3) is 0 Å². The molecule has 2 aliphatic carbocycles. The van der Waals surface area contributed by atoms with Gasteiger partial charge in [-0.15, -0.1) is 0 Å². The van der Waals surface area contributed by atoms with Gasteiger partial charge in [0, 0.05) is 65.3 Å². The van der Waals surface area contributed by atoms with Crippen LogP contribution in [-0.2, 0) is 31.8 Å². The second-order valence-corrected chi connectivity index (χ2v) is 15.4. The third kappa shape index (κ3) is 8.93. The average molecular weight is 720 g/mol. The van der Waals surface area contributed by atoms with Gasteiger partial charge in [-0.05, 0) is 62.3 Å². The first-order chi connectivity index (χ1) is 23.0. The largest absolute Gasteiger partial charge is 0.508 e. The zero-order valence-corrected chi connectivity index (χ0v) is 30.8. The monoisotopic (exact) mass is 719 g/mol. The summed E-state index contributed by atoms with van der Waals surface area (Å²) in [5.74, 6) is -3.85. The van der Waals surface area contributed by atoms with Crippen molar-refractivity contribution in [3.8, 4) is 23.0 Å². The predicted molar refractivity (Wildman–Crippen MR) is 198 cm³/mol. The summed E-state index contributed by atoms with van der Waals surface area (Å²) in [5.41, 5.74) is 14.8. The van der Waals surface area contributed by atoms with Crippen molar-refractivity contribution in [3.63, 3.8) is 0 Å². The number of nitrogens with one attached hydrogen (secondary N) is 2. The Labute approximate surface area is 301 Å². The maximum absolute atomic E-state index is 11.5. The van der Waals surface area contributed by atoms with Crippen molar-refractivity contribution in [2.24, 2.45) is 23.3 Å². The first-order valence-electron chi connectivity index (χ1n) is 16.4. The Morgan fingerprint density at radius 1 is 0.745 bits per heavy atom. The Balaban J connectivity index is 0.000000483. The van der Waals surface area contributed by atoms with E-state index in [1.54, 1.807) is 26.2 Å². The van der Waals surface area contributed by atoms with Gasteiger partial charge in [0.15, 0.2) is 0 Å². The molecule has 2 aromatic carbocycles. The molecule has 0 saturated heterocycles. The molecule has 2 aromatic rings. The van der Waals surface area contributed by atoms with Crippen LogP contribution in [0.4, 0.5) is 0 Å². The van der Waals surface area contributed by atoms with Crippen molar-refractivity contribution in [1.82, 2.24) is 15.5 Å². The topological polar surface area (TPSA) is 252 Å². The molecule has 288 valence electrons. The molecular formula is C37H61N5O9. The second-order valence-electron chi connectivity index (χ2n) is 15.4. The highest BCUT2D eigenvalue weighted by atomic mass is 16.4. The van der Waals surface area contributed by atoms with E-state index in [-0.39, 0.29) is 59.8 Å². The number of likely N-dealkylation sites (N-methyl/N-ethyl adjacent to an activating group) is 2. The normalized spacial score (nSPS) is 25.5. The van der Waals surface area contributed by atoms with Gasteiger partial charge in [-0.3, -0.25) is 9.59 Å². The number of hydrogen-bond acceptors (Lipinski definition) is 12. The quantitative estimate of drug-likeness (QED) is 0.188. The lowest BCUT2D eigenvalue weighted by Crippen LogP contribution is -2.66. The molecule has 14 nitrogen and oxygen atoms in total. The highest BCUT2D eigenvalue weighted by Crippen LogP contribution is 2.50. The number of benzene rings is 2. The average Bonchev–Trinajstić information content (AvgIpc) is 2.95. The van der Waals surface area contributed by atoms with Gasteiger partial charge in [-0.1, -0.05) is 49.0 Å². The van der Waals surface area contributed by atoms with Gasteiger partial charge in [-0.2, -0.15) is 0 Å². The fraction of sp³-hybridized carbons (Fsp3) is 0.595. The highest BCUT2D eigenvalue weighted by Gasteiger charge is 2.55. The number of phenolic OH excluding ortho intramolecular Hbond substituents is 4. The molecule has 2 saturated carbocycles. The molecule has 8 unspecified atom stereocenters. The molecule has 2 aliphatic rings. The van der Waals surface area contributed by atoms with E-state index < -0.39 is 41.3 Å². The molecule has 0 aromatic heterocycles. The summed E-state index contributed by atoms with van der Waals surface area (Å²) in [7, 11) is 7.12. The number of nitrogens with zero attached hydrogens (tertiary/aromatic N) is 1. The maximum Gasteiger partial charge on any atom is 0.309 e. The minimum absolute atomic E-state index is 0. The number of carboxylic acid groups (broad SMARTS) is 2. The molecule has 51 heavy (non-hydrogen) atoms. The Bertz CT molecular complexity index is 1540. The molecule has 8 atom stereocenters. The number of phenols is 4. The second kappa shape index (κ2) is 17.0. The van der Waals surface area contributed by atoms with Crippen LogP contribution in [0.1, 0.15) is 88.6 Å². The molecule has 0 aliphatic heterocycles. The van der Waals surface area contributed by atoms with Crippen molar-refractivity contribution in [1.29, 1.82) is 0 Å². The third-order valence-corrected chi connectivity index (χ3v) is 9.68. The van der Waals surface area contributed by atoms with Crippen molar-refractivity contribution in [2.75, 3.05) is 28.2 Å². The summed E-state index contributed by atoms with van der Waals surface area (Å²) in [4.78, 5) is 32.7. The molecule has 12 N–H and O–H groups in total. The van der Waals surface area contributed by atoms with E-state index in [1.165, 1.54) is 6.07 Å². The van der Waals surface area contributed by atoms with Crippen LogP contribution in [0.15, 0.2) is 18.2 Å². The molecule has 4 rings (SSSR count). The summed E-state index contributed by atoms with van der Waals surface area (Å²) in [6.45, 7) is 14.2. The maximum atomic E-state index is 11.5. The van der Waals surface area contributed by atoms with Crippen LogP contribution in [-0.4, -0.2) is 107 Å². The number of carboxylic acids is 2. The van der Waals surface area contributed by atoms with Gasteiger partial charge in [0.2, 0.25) is 0 Å². The molecular weight excluding hydrogens is 658 g/mol. The SMILES string of the molecule is C.C=O.CNC1C(C(=O)O)C(N)C1c1cc(O)c(CN(C)C)c(O)c1C(C)(C)C.CNC1C(C(=O)O)C(N)C1c1cc(O)cc(O)c1C(C)(C)C. The molecule has 0 bridgehead atoms. The number of hydrogen-bond donors (Lipinski definition) is 10. The van der Waals surface area contributed by atoms with Crippen LogP contribution in [0.3, 0.4) is 0 Å². The predicted octanol–water partition coefficient (Wildman–Crippen LogP) is 2.73. The van der Waals surface area contributed by atoms with E-state index in [2.05, 4.69) is 10.6 Å². The van der Waals surface area contributed by atoms with Gasteiger partial charge in [0.1, 0.15) is 29.8 Å². The number of rotatable bonds is 8. The Hall–Kier alpha value is -3.95. The highest BCUT2D eigenvalue weighted by molar-refractivity contribution is 5.76. The minimum atomic E-state index is -0.942. The Morgan fingerprint density at radius 2 is 1.14 bits per heavy atom. The van der Waals surface area contributed by atoms with Crippen LogP contribution in [0.2, 0.25) is 0 Å². The lowest BCUT2D eigenvalue weighted by atomic mass is 9.60. The molecule has 0 heterocycles.